The first-order valence-corrected chi connectivity index (χ1v) is 16.3. The molecule has 8 N–H and O–H groups in total. The number of rotatable bonds is 6. The molecule has 6 rings (SSSR count). The van der Waals surface area contributed by atoms with E-state index in [1.54, 1.807) is 97.1 Å². The van der Waals surface area contributed by atoms with Crippen LogP contribution in [0.3, 0.4) is 0 Å². The zero-order chi connectivity index (χ0) is 40.9. The fraction of sp³-hybridized carbons (Fsp3) is 0.105. The number of para-hydroxylation sites is 4. The summed E-state index contributed by atoms with van der Waals surface area (Å²) >= 11 is 0. The van der Waals surface area contributed by atoms with Crippen molar-refractivity contribution in [2.24, 2.45) is 0 Å². The van der Waals surface area contributed by atoms with Gasteiger partial charge in [0.2, 0.25) is 11.8 Å². The van der Waals surface area contributed by atoms with Gasteiger partial charge in [0.1, 0.15) is 0 Å². The van der Waals surface area contributed by atoms with E-state index in [9.17, 15) is 35.9 Å². The SMILES string of the molecule is CC(=O)NNC(C)=O.Nc1ccccc1Nc1cc(-c2ccccc2)nnc1C(F)(F)F.Nc1ccccc1Nc1cc(-c2ccccc2)nnc1C(F)(F)F. The lowest BCUT2D eigenvalue weighted by Gasteiger charge is -2.15. The molecule has 0 aliphatic heterocycles. The molecule has 6 aromatic rings. The molecule has 0 spiro atoms. The Labute approximate surface area is 316 Å². The molecule has 0 saturated carbocycles. The Hall–Kier alpha value is -7.24. The molecular formula is C38H34F6N10O2. The van der Waals surface area contributed by atoms with E-state index in [1.807, 2.05) is 12.1 Å². The van der Waals surface area contributed by atoms with Crippen LogP contribution in [0.25, 0.3) is 22.5 Å². The summed E-state index contributed by atoms with van der Waals surface area (Å²) in [6.07, 6.45) is -9.26. The van der Waals surface area contributed by atoms with Gasteiger partial charge in [0.05, 0.1) is 45.5 Å². The smallest absolute Gasteiger partial charge is 0.397 e. The number of nitrogens with two attached hydrogens (primary N) is 2. The molecule has 2 amide bonds. The second-order valence-corrected chi connectivity index (χ2v) is 11.5. The van der Waals surface area contributed by atoms with E-state index in [4.69, 9.17) is 11.5 Å². The van der Waals surface area contributed by atoms with Crippen LogP contribution in [0.1, 0.15) is 25.2 Å². The molecule has 2 aromatic heterocycles. The minimum atomic E-state index is -4.63. The van der Waals surface area contributed by atoms with E-state index < -0.39 is 23.7 Å². The van der Waals surface area contributed by atoms with E-state index in [2.05, 4.69) is 41.9 Å². The average Bonchev–Trinajstić information content (AvgIpc) is 3.16. The Balaban J connectivity index is 0.000000209. The van der Waals surface area contributed by atoms with Crippen LogP contribution in [-0.4, -0.2) is 32.2 Å². The van der Waals surface area contributed by atoms with Crippen molar-refractivity contribution in [2.75, 3.05) is 22.1 Å². The number of hydrogen-bond donors (Lipinski definition) is 6. The molecule has 0 aliphatic rings. The van der Waals surface area contributed by atoms with Gasteiger partial charge in [0.15, 0.2) is 11.4 Å². The summed E-state index contributed by atoms with van der Waals surface area (Å²) in [7, 11) is 0. The molecule has 0 radical (unpaired) electrons. The van der Waals surface area contributed by atoms with E-state index in [0.717, 1.165) is 0 Å². The fourth-order valence-electron chi connectivity index (χ4n) is 4.58. The molecule has 0 fully saturated rings. The summed E-state index contributed by atoms with van der Waals surface area (Å²) < 4.78 is 79.3. The second-order valence-electron chi connectivity index (χ2n) is 11.5. The number of halogens is 6. The highest BCUT2D eigenvalue weighted by molar-refractivity contribution is 5.79. The number of carbonyl (C=O) groups is 2. The second kappa shape index (κ2) is 18.7. The monoisotopic (exact) mass is 776 g/mol. The number of alkyl halides is 6. The third-order valence-corrected chi connectivity index (χ3v) is 7.14. The predicted molar refractivity (Wildman–Crippen MR) is 201 cm³/mol. The minimum Gasteiger partial charge on any atom is -0.397 e. The summed E-state index contributed by atoms with van der Waals surface area (Å²) in [5, 5.41) is 19.6. The minimum absolute atomic E-state index is 0.200. The standard InChI is InChI=1S/2C17H13F3N4.C4H8N2O2/c2*18-17(19,20)16-15(22-13-9-5-4-8-12(13)21)10-14(23-24-16)11-6-2-1-3-7-11;1-3(7)5-6-4(2)8/h2*1-10H,21H2,(H,22,23);1-2H3,(H,5,7)(H,6,8). The maximum Gasteiger partial charge on any atom is 0.437 e. The Morgan fingerprint density at radius 2 is 0.804 bits per heavy atom. The Bertz CT molecular complexity index is 2080. The maximum atomic E-state index is 13.2. The predicted octanol–water partition coefficient (Wildman–Crippen LogP) is 8.15. The van der Waals surface area contributed by atoms with Crippen molar-refractivity contribution in [3.05, 3.63) is 133 Å². The highest BCUT2D eigenvalue weighted by Crippen LogP contribution is 2.38. The number of amides is 2. The zero-order valence-corrected chi connectivity index (χ0v) is 29.6. The molecular weight excluding hydrogens is 742 g/mol. The van der Waals surface area contributed by atoms with Crippen LogP contribution in [0.15, 0.2) is 121 Å². The van der Waals surface area contributed by atoms with Crippen LogP contribution in [0.4, 0.5) is 60.5 Å². The number of benzene rings is 4. The summed E-state index contributed by atoms with van der Waals surface area (Å²) in [5.74, 6) is -0.555. The van der Waals surface area contributed by atoms with E-state index in [1.165, 1.54) is 26.0 Å². The molecule has 290 valence electrons. The van der Waals surface area contributed by atoms with E-state index in [-0.39, 0.29) is 23.2 Å². The molecule has 4 aromatic carbocycles. The van der Waals surface area contributed by atoms with Gasteiger partial charge in [0, 0.05) is 25.0 Å². The first-order valence-electron chi connectivity index (χ1n) is 16.3. The molecule has 0 aliphatic carbocycles. The lowest BCUT2D eigenvalue weighted by molar-refractivity contribution is -0.141. The number of nitrogen functional groups attached to an aromatic ring is 2. The van der Waals surface area contributed by atoms with Crippen molar-refractivity contribution in [1.82, 2.24) is 31.2 Å². The number of nitrogens with one attached hydrogen (secondary N) is 4. The molecule has 12 nitrogen and oxygen atoms in total. The van der Waals surface area contributed by atoms with Gasteiger partial charge < -0.3 is 22.1 Å². The quantitative estimate of drug-likeness (QED) is 0.0548. The van der Waals surface area contributed by atoms with Crippen molar-refractivity contribution >= 4 is 45.9 Å². The van der Waals surface area contributed by atoms with Gasteiger partial charge in [-0.25, -0.2) is 0 Å². The number of anilines is 6. The number of nitrogens with zero attached hydrogens (tertiary/aromatic N) is 4. The normalized spacial score (nSPS) is 10.8. The molecule has 0 unspecified atom stereocenters. The summed E-state index contributed by atoms with van der Waals surface area (Å²) in [4.78, 5) is 20.0. The van der Waals surface area contributed by atoms with Crippen LogP contribution in [0.2, 0.25) is 0 Å². The Morgan fingerprint density at radius 3 is 1.11 bits per heavy atom. The van der Waals surface area contributed by atoms with Crippen molar-refractivity contribution in [3.63, 3.8) is 0 Å². The van der Waals surface area contributed by atoms with Gasteiger partial charge in [-0.3, -0.25) is 20.4 Å². The van der Waals surface area contributed by atoms with Crippen LogP contribution in [0.5, 0.6) is 0 Å². The van der Waals surface area contributed by atoms with Crippen LogP contribution >= 0.6 is 0 Å². The van der Waals surface area contributed by atoms with Crippen molar-refractivity contribution in [2.45, 2.75) is 26.2 Å². The first-order chi connectivity index (χ1) is 26.5. The van der Waals surface area contributed by atoms with Crippen molar-refractivity contribution < 1.29 is 35.9 Å². The topological polar surface area (TPSA) is 186 Å². The zero-order valence-electron chi connectivity index (χ0n) is 29.6. The molecule has 18 heteroatoms. The number of hydrogen-bond acceptors (Lipinski definition) is 10. The highest BCUT2D eigenvalue weighted by Gasteiger charge is 2.38. The van der Waals surface area contributed by atoms with Crippen molar-refractivity contribution in [1.29, 1.82) is 0 Å². The van der Waals surface area contributed by atoms with Gasteiger partial charge in [0.25, 0.3) is 0 Å². The van der Waals surface area contributed by atoms with Gasteiger partial charge in [-0.1, -0.05) is 84.9 Å². The van der Waals surface area contributed by atoms with Crippen LogP contribution < -0.4 is 33.0 Å². The average molecular weight is 777 g/mol. The van der Waals surface area contributed by atoms with E-state index in [0.29, 0.717) is 45.3 Å². The van der Waals surface area contributed by atoms with Gasteiger partial charge in [-0.2, -0.15) is 26.3 Å². The van der Waals surface area contributed by atoms with Crippen molar-refractivity contribution in [3.8, 4) is 22.5 Å². The van der Waals surface area contributed by atoms with Gasteiger partial charge in [-0.05, 0) is 36.4 Å². The third kappa shape index (κ3) is 12.2. The number of carbonyl (C=O) groups excluding carboxylic acids is 2. The number of hydrazine groups is 1. The summed E-state index contributed by atoms with van der Waals surface area (Å²) in [6, 6.07) is 33.5. The fourth-order valence-corrected chi connectivity index (χ4v) is 4.58. The molecule has 56 heavy (non-hydrogen) atoms. The molecule has 0 atom stereocenters. The lowest BCUT2D eigenvalue weighted by Crippen LogP contribution is -2.38. The van der Waals surface area contributed by atoms with E-state index >= 15 is 0 Å². The largest absolute Gasteiger partial charge is 0.437 e. The Morgan fingerprint density at radius 1 is 0.482 bits per heavy atom. The number of aromatic nitrogens is 4. The van der Waals surface area contributed by atoms with Crippen LogP contribution in [0, 0.1) is 0 Å². The van der Waals surface area contributed by atoms with Gasteiger partial charge >= 0.3 is 12.4 Å². The molecule has 0 saturated heterocycles. The summed E-state index contributed by atoms with van der Waals surface area (Å²) in [5.41, 5.74) is 16.6. The third-order valence-electron chi connectivity index (χ3n) is 7.14. The molecule has 0 bridgehead atoms. The first kappa shape index (κ1) is 41.5. The highest BCUT2D eigenvalue weighted by atomic mass is 19.4. The van der Waals surface area contributed by atoms with Gasteiger partial charge in [-0.15, -0.1) is 20.4 Å². The summed E-state index contributed by atoms with van der Waals surface area (Å²) in [6.45, 7) is 2.63. The maximum absolute atomic E-state index is 13.2. The lowest BCUT2D eigenvalue weighted by atomic mass is 10.1. The van der Waals surface area contributed by atoms with Crippen LogP contribution in [-0.2, 0) is 21.9 Å². The Kier molecular flexibility index (Phi) is 13.9. The molecule has 2 heterocycles.